The number of carbonyl (C=O) groups is 2. The zero-order valence-corrected chi connectivity index (χ0v) is 17.2. The van der Waals surface area contributed by atoms with E-state index in [1.807, 2.05) is 14.1 Å². The molecule has 1 aliphatic heterocycles. The highest BCUT2D eigenvalue weighted by atomic mass is 35.5. The Hall–Kier alpha value is -2.90. The number of likely N-dealkylation sites (tertiary alicyclic amines) is 1. The van der Waals surface area contributed by atoms with E-state index >= 15 is 0 Å². The topological polar surface area (TPSA) is 84.2 Å². The highest BCUT2D eigenvalue weighted by Crippen LogP contribution is 2.39. The molecule has 1 aliphatic rings. The van der Waals surface area contributed by atoms with Crippen LogP contribution in [0.1, 0.15) is 17.2 Å². The van der Waals surface area contributed by atoms with Crippen molar-refractivity contribution < 1.29 is 24.3 Å². The molecule has 0 spiro atoms. The van der Waals surface area contributed by atoms with Gasteiger partial charge in [-0.15, -0.1) is 0 Å². The number of aromatic nitrogens is 1. The van der Waals surface area contributed by atoms with Gasteiger partial charge in [-0.25, -0.2) is 0 Å². The van der Waals surface area contributed by atoms with Gasteiger partial charge in [0.1, 0.15) is 11.5 Å². The van der Waals surface area contributed by atoms with E-state index < -0.39 is 17.7 Å². The first-order valence-corrected chi connectivity index (χ1v) is 9.54. The molecule has 1 saturated heterocycles. The average Bonchev–Trinajstić information content (AvgIpc) is 2.97. The van der Waals surface area contributed by atoms with Crippen molar-refractivity contribution in [1.29, 1.82) is 0 Å². The summed E-state index contributed by atoms with van der Waals surface area (Å²) in [6, 6.07) is 7.50. The maximum absolute atomic E-state index is 12.9. The minimum absolute atomic E-state index is 0.0259. The number of nitrogens with one attached hydrogen (secondary N) is 1. The first-order valence-electron chi connectivity index (χ1n) is 9.16. The summed E-state index contributed by atoms with van der Waals surface area (Å²) in [4.78, 5) is 32.4. The third kappa shape index (κ3) is 4.11. The Morgan fingerprint density at radius 3 is 2.66 bits per heavy atom. The molecule has 2 heterocycles. The van der Waals surface area contributed by atoms with Crippen molar-refractivity contribution in [1.82, 2.24) is 9.88 Å². The molecule has 1 fully saturated rings. The molecule has 2 aromatic rings. The van der Waals surface area contributed by atoms with Gasteiger partial charge in [0.2, 0.25) is 0 Å². The van der Waals surface area contributed by atoms with Crippen molar-refractivity contribution in [3.63, 3.8) is 0 Å². The van der Waals surface area contributed by atoms with Gasteiger partial charge in [0.25, 0.3) is 11.7 Å². The number of hydrogen-bond donors (Lipinski definition) is 2. The molecular weight excluding hydrogens is 394 g/mol. The number of rotatable bonds is 6. The summed E-state index contributed by atoms with van der Waals surface area (Å²) in [5.74, 6) is -1.19. The largest absolute Gasteiger partial charge is 0.507 e. The number of nitrogens with zero attached hydrogens (tertiary/aromatic N) is 2. The molecule has 2 N–H and O–H groups in total. The molecule has 0 saturated carbocycles. The van der Waals surface area contributed by atoms with Crippen molar-refractivity contribution >= 4 is 29.1 Å². The standard InChI is InChI=1S/C21H22ClN3O4/c1-24(2)9-10-25-18(14-5-4-8-23-12-14)17(20(27)21(25)28)19(26)13-6-7-16(29-3)15(22)11-13/h4-8,11-12,18,26H,9-10H2,1-3H3/p+1/t18-/m1/s1. The Labute approximate surface area is 174 Å². The minimum Gasteiger partial charge on any atom is -0.507 e. The maximum atomic E-state index is 12.9. The predicted octanol–water partition coefficient (Wildman–Crippen LogP) is 1.31. The zero-order valence-electron chi connectivity index (χ0n) is 16.5. The number of Topliss-reactive ketones (excluding diaryl/α,β-unsaturated/α-hetero) is 1. The number of methoxy groups -OCH3 is 1. The lowest BCUT2D eigenvalue weighted by Gasteiger charge is -2.25. The third-order valence-electron chi connectivity index (χ3n) is 4.82. The highest BCUT2D eigenvalue weighted by molar-refractivity contribution is 6.46. The molecule has 0 unspecified atom stereocenters. The van der Waals surface area contributed by atoms with Crippen molar-refractivity contribution in [2.45, 2.75) is 6.04 Å². The lowest BCUT2D eigenvalue weighted by molar-refractivity contribution is -0.857. The van der Waals surface area contributed by atoms with E-state index in [1.54, 1.807) is 36.7 Å². The molecule has 8 heteroatoms. The van der Waals surface area contributed by atoms with Crippen LogP contribution >= 0.6 is 11.6 Å². The minimum atomic E-state index is -0.725. The van der Waals surface area contributed by atoms with Crippen LogP contribution in [0.15, 0.2) is 48.3 Å². The average molecular weight is 417 g/mol. The first-order chi connectivity index (χ1) is 13.8. The molecule has 3 rings (SSSR count). The summed E-state index contributed by atoms with van der Waals surface area (Å²) >= 11 is 6.18. The van der Waals surface area contributed by atoms with E-state index in [9.17, 15) is 14.7 Å². The molecule has 0 aliphatic carbocycles. The molecule has 0 radical (unpaired) electrons. The maximum Gasteiger partial charge on any atom is 0.295 e. The lowest BCUT2D eigenvalue weighted by atomic mass is 9.96. The van der Waals surface area contributed by atoms with Crippen LogP contribution < -0.4 is 9.64 Å². The molecule has 1 atom stereocenters. The van der Waals surface area contributed by atoms with E-state index in [4.69, 9.17) is 16.3 Å². The van der Waals surface area contributed by atoms with E-state index in [0.29, 0.717) is 35.0 Å². The Morgan fingerprint density at radius 1 is 1.31 bits per heavy atom. The van der Waals surface area contributed by atoms with Crippen LogP contribution in [0.3, 0.4) is 0 Å². The van der Waals surface area contributed by atoms with Crippen molar-refractivity contribution in [2.75, 3.05) is 34.3 Å². The van der Waals surface area contributed by atoms with Crippen LogP contribution in [0.5, 0.6) is 5.75 Å². The monoisotopic (exact) mass is 416 g/mol. The summed E-state index contributed by atoms with van der Waals surface area (Å²) in [5, 5.41) is 11.3. The first kappa shape index (κ1) is 20.8. The summed E-state index contributed by atoms with van der Waals surface area (Å²) in [7, 11) is 5.42. The number of ketones is 1. The molecule has 152 valence electrons. The van der Waals surface area contributed by atoms with E-state index in [-0.39, 0.29) is 11.3 Å². The van der Waals surface area contributed by atoms with Crippen molar-refractivity contribution in [3.05, 3.63) is 64.4 Å². The molecule has 1 amide bonds. The molecule has 1 aromatic heterocycles. The van der Waals surface area contributed by atoms with Crippen LogP contribution in [0.25, 0.3) is 5.76 Å². The predicted molar refractivity (Wildman–Crippen MR) is 109 cm³/mol. The van der Waals surface area contributed by atoms with E-state index in [2.05, 4.69) is 4.98 Å². The number of benzene rings is 1. The molecule has 29 heavy (non-hydrogen) atoms. The number of aliphatic hydroxyl groups excluding tert-OH is 1. The Bertz CT molecular complexity index is 960. The Morgan fingerprint density at radius 2 is 2.07 bits per heavy atom. The normalized spacial score (nSPS) is 18.5. The smallest absolute Gasteiger partial charge is 0.295 e. The lowest BCUT2D eigenvalue weighted by Crippen LogP contribution is -3.06. The number of quaternary nitrogens is 1. The van der Waals surface area contributed by atoms with Gasteiger partial charge in [0.05, 0.1) is 50.9 Å². The number of hydrogen-bond acceptors (Lipinski definition) is 5. The fourth-order valence-corrected chi connectivity index (χ4v) is 3.57. The van der Waals surface area contributed by atoms with Gasteiger partial charge < -0.3 is 19.6 Å². The number of aliphatic hydroxyl groups is 1. The fraction of sp³-hybridized carbons (Fsp3) is 0.286. The van der Waals surface area contributed by atoms with Crippen molar-refractivity contribution in [3.8, 4) is 5.75 Å². The van der Waals surface area contributed by atoms with Gasteiger partial charge in [0.15, 0.2) is 0 Å². The van der Waals surface area contributed by atoms with Gasteiger partial charge in [-0.05, 0) is 29.8 Å². The van der Waals surface area contributed by atoms with Crippen LogP contribution in [0, 0.1) is 0 Å². The summed E-state index contributed by atoms with van der Waals surface area (Å²) in [6.45, 7) is 1.02. The van der Waals surface area contributed by atoms with Gasteiger partial charge >= 0.3 is 0 Å². The van der Waals surface area contributed by atoms with Crippen LogP contribution in [0.4, 0.5) is 0 Å². The van der Waals surface area contributed by atoms with Crippen LogP contribution in [-0.4, -0.2) is 61.0 Å². The molecule has 7 nitrogen and oxygen atoms in total. The second kappa shape index (κ2) is 8.63. The van der Waals surface area contributed by atoms with Gasteiger partial charge in [-0.2, -0.15) is 0 Å². The zero-order chi connectivity index (χ0) is 21.1. The number of carbonyl (C=O) groups excluding carboxylic acids is 2. The summed E-state index contributed by atoms with van der Waals surface area (Å²) in [5.41, 5.74) is 1.01. The number of likely N-dealkylation sites (N-methyl/N-ethyl adjacent to an activating group) is 1. The van der Waals surface area contributed by atoms with Crippen LogP contribution in [-0.2, 0) is 9.59 Å². The Kier molecular flexibility index (Phi) is 6.20. The fourth-order valence-electron chi connectivity index (χ4n) is 3.31. The second-order valence-electron chi connectivity index (χ2n) is 7.09. The molecule has 0 bridgehead atoms. The van der Waals surface area contributed by atoms with Gasteiger partial charge in [-0.1, -0.05) is 17.7 Å². The third-order valence-corrected chi connectivity index (χ3v) is 5.11. The number of ether oxygens (including phenoxy) is 1. The number of pyridine rings is 1. The Balaban J connectivity index is 2.13. The number of amides is 1. The van der Waals surface area contributed by atoms with Crippen molar-refractivity contribution in [2.24, 2.45) is 0 Å². The summed E-state index contributed by atoms with van der Waals surface area (Å²) in [6.07, 6.45) is 3.21. The van der Waals surface area contributed by atoms with Gasteiger partial charge in [0, 0.05) is 18.0 Å². The van der Waals surface area contributed by atoms with Crippen LogP contribution in [0.2, 0.25) is 5.02 Å². The highest BCUT2D eigenvalue weighted by Gasteiger charge is 2.46. The van der Waals surface area contributed by atoms with E-state index in [1.165, 1.54) is 18.1 Å². The molecule has 1 aromatic carbocycles. The van der Waals surface area contributed by atoms with Gasteiger partial charge in [-0.3, -0.25) is 14.6 Å². The van der Waals surface area contributed by atoms with E-state index in [0.717, 1.165) is 4.90 Å². The summed E-state index contributed by atoms with van der Waals surface area (Å²) < 4.78 is 5.14. The quantitative estimate of drug-likeness (QED) is 0.421. The molecular formula is C21H23ClN3O4+. The second-order valence-corrected chi connectivity index (χ2v) is 7.49. The SMILES string of the molecule is COc1ccc(C(O)=C2C(=O)C(=O)N(CC[NH+](C)C)[C@@H]2c2cccnc2)cc1Cl. The number of halogens is 1.